The summed E-state index contributed by atoms with van der Waals surface area (Å²) in [6.07, 6.45) is 7.30. The molecule has 3 atom stereocenters. The van der Waals surface area contributed by atoms with Gasteiger partial charge in [0.15, 0.2) is 0 Å². The minimum absolute atomic E-state index is 0.119. The van der Waals surface area contributed by atoms with Crippen LogP contribution in [0.1, 0.15) is 68.1 Å². The van der Waals surface area contributed by atoms with Crippen molar-refractivity contribution in [1.29, 1.82) is 0 Å². The maximum Gasteiger partial charge on any atom is 0.305 e. The highest BCUT2D eigenvalue weighted by atomic mass is 19.1. The Labute approximate surface area is 262 Å². The molecule has 0 spiro atoms. The van der Waals surface area contributed by atoms with Crippen molar-refractivity contribution < 1.29 is 13.9 Å². The molecule has 44 heavy (non-hydrogen) atoms. The minimum atomic E-state index is -0.375. The first-order valence-corrected chi connectivity index (χ1v) is 16.7. The van der Waals surface area contributed by atoms with Gasteiger partial charge in [0.2, 0.25) is 0 Å². The molecule has 3 fully saturated rings. The van der Waals surface area contributed by atoms with Gasteiger partial charge in [0, 0.05) is 61.7 Å². The van der Waals surface area contributed by atoms with E-state index in [2.05, 4.69) is 64.7 Å². The van der Waals surface area contributed by atoms with Gasteiger partial charge in [-0.25, -0.2) is 9.37 Å². The van der Waals surface area contributed by atoms with Gasteiger partial charge in [-0.3, -0.25) is 4.79 Å². The molecule has 3 heterocycles. The normalized spacial score (nSPS) is 23.0. The summed E-state index contributed by atoms with van der Waals surface area (Å²) in [5.41, 5.74) is 4.28. The summed E-state index contributed by atoms with van der Waals surface area (Å²) < 4.78 is 23.5. The number of ether oxygens (including phenoxy) is 1. The Kier molecular flexibility index (Phi) is 9.13. The van der Waals surface area contributed by atoms with E-state index in [0.29, 0.717) is 24.8 Å². The van der Waals surface area contributed by atoms with E-state index in [0.717, 1.165) is 81.9 Å². The summed E-state index contributed by atoms with van der Waals surface area (Å²) in [5.74, 6) is 1.77. The molecule has 1 saturated carbocycles. The van der Waals surface area contributed by atoms with E-state index < -0.39 is 0 Å². The molecule has 0 radical (unpaired) electrons. The Morgan fingerprint density at radius 1 is 1.02 bits per heavy atom. The molecule has 0 bridgehead atoms. The predicted octanol–water partition coefficient (Wildman–Crippen LogP) is 6.86. The van der Waals surface area contributed by atoms with Gasteiger partial charge in [-0.2, -0.15) is 0 Å². The summed E-state index contributed by atoms with van der Waals surface area (Å²) >= 11 is 0. The number of imidazole rings is 1. The van der Waals surface area contributed by atoms with Crippen LogP contribution < -0.4 is 4.90 Å². The largest absolute Gasteiger partial charge is 0.462 e. The molecule has 6 rings (SSSR count). The SMILES string of the molecule is CCC(=O)O[C@H]1CCC[C@@H]1[C@](Cn1cc(C)nc1C)(c1cccc(F)c1)C1CCN(CC2CN(c3ccc(C)cc3)C2)CC1. The quantitative estimate of drug-likeness (QED) is 0.238. The molecule has 2 saturated heterocycles. The van der Waals surface area contributed by atoms with Gasteiger partial charge in [0.05, 0.1) is 5.69 Å². The summed E-state index contributed by atoms with van der Waals surface area (Å²) in [5, 5.41) is 0. The number of aromatic nitrogens is 2. The molecule has 1 aliphatic carbocycles. The number of anilines is 1. The molecule has 236 valence electrons. The third-order valence-corrected chi connectivity index (χ3v) is 10.8. The van der Waals surface area contributed by atoms with Gasteiger partial charge in [-0.15, -0.1) is 0 Å². The summed E-state index contributed by atoms with van der Waals surface area (Å²) in [6.45, 7) is 14.2. The van der Waals surface area contributed by atoms with Gasteiger partial charge in [0.25, 0.3) is 0 Å². The first-order chi connectivity index (χ1) is 21.2. The molecule has 3 aromatic rings. The Balaban J connectivity index is 1.25. The second-order valence-corrected chi connectivity index (χ2v) is 13.7. The first-order valence-electron chi connectivity index (χ1n) is 16.7. The Bertz CT molecular complexity index is 1420. The van der Waals surface area contributed by atoms with Crippen molar-refractivity contribution in [2.75, 3.05) is 37.6 Å². The van der Waals surface area contributed by atoms with Crippen molar-refractivity contribution in [2.45, 2.75) is 84.3 Å². The number of nitrogens with zero attached hydrogens (tertiary/aromatic N) is 4. The van der Waals surface area contributed by atoms with Crippen molar-refractivity contribution in [3.63, 3.8) is 0 Å². The molecule has 2 aliphatic heterocycles. The predicted molar refractivity (Wildman–Crippen MR) is 173 cm³/mol. The van der Waals surface area contributed by atoms with E-state index in [1.165, 1.54) is 11.3 Å². The number of carbonyl (C=O) groups is 1. The average molecular weight is 601 g/mol. The zero-order valence-corrected chi connectivity index (χ0v) is 27.0. The monoisotopic (exact) mass is 600 g/mol. The number of rotatable bonds is 10. The average Bonchev–Trinajstić information content (AvgIpc) is 3.59. The number of aryl methyl sites for hydroxylation is 3. The maximum atomic E-state index is 15.0. The fourth-order valence-corrected chi connectivity index (χ4v) is 8.53. The zero-order valence-electron chi connectivity index (χ0n) is 27.0. The molecule has 6 nitrogen and oxygen atoms in total. The summed E-state index contributed by atoms with van der Waals surface area (Å²) in [6, 6.07) is 16.2. The van der Waals surface area contributed by atoms with Crippen LogP contribution in [0, 0.1) is 44.3 Å². The van der Waals surface area contributed by atoms with Crippen LogP contribution in [0.25, 0.3) is 0 Å². The molecule has 7 heteroatoms. The molecule has 0 N–H and O–H groups in total. The van der Waals surface area contributed by atoms with E-state index in [4.69, 9.17) is 9.72 Å². The highest BCUT2D eigenvalue weighted by Crippen LogP contribution is 2.52. The lowest BCUT2D eigenvalue weighted by Gasteiger charge is -2.51. The number of esters is 1. The third kappa shape index (κ3) is 6.30. The molecule has 0 amide bonds. The Hall–Kier alpha value is -3.19. The highest BCUT2D eigenvalue weighted by molar-refractivity contribution is 5.69. The van der Waals surface area contributed by atoms with Gasteiger partial charge >= 0.3 is 5.97 Å². The lowest BCUT2D eigenvalue weighted by Crippen LogP contribution is -2.55. The van der Waals surface area contributed by atoms with E-state index in [9.17, 15) is 4.79 Å². The van der Waals surface area contributed by atoms with Crippen molar-refractivity contribution in [3.8, 4) is 0 Å². The topological polar surface area (TPSA) is 50.6 Å². The molecule has 1 aromatic heterocycles. The van der Waals surface area contributed by atoms with Crippen LogP contribution in [0.4, 0.5) is 10.1 Å². The molecule has 0 unspecified atom stereocenters. The lowest BCUT2D eigenvalue weighted by atomic mass is 9.58. The lowest BCUT2D eigenvalue weighted by molar-refractivity contribution is -0.152. The van der Waals surface area contributed by atoms with Crippen molar-refractivity contribution >= 4 is 11.7 Å². The summed E-state index contributed by atoms with van der Waals surface area (Å²) in [4.78, 5) is 22.5. The Morgan fingerprint density at radius 3 is 2.43 bits per heavy atom. The molecular formula is C37H49FN4O2. The van der Waals surface area contributed by atoms with Crippen LogP contribution in [-0.4, -0.2) is 59.2 Å². The van der Waals surface area contributed by atoms with Gasteiger partial charge in [0.1, 0.15) is 17.7 Å². The Morgan fingerprint density at radius 2 is 1.77 bits per heavy atom. The van der Waals surface area contributed by atoms with Gasteiger partial charge in [-0.1, -0.05) is 36.8 Å². The van der Waals surface area contributed by atoms with E-state index in [-0.39, 0.29) is 29.2 Å². The van der Waals surface area contributed by atoms with Crippen LogP contribution in [0.2, 0.25) is 0 Å². The van der Waals surface area contributed by atoms with Gasteiger partial charge in [-0.05, 0) is 102 Å². The number of likely N-dealkylation sites (tertiary alicyclic amines) is 1. The van der Waals surface area contributed by atoms with Crippen molar-refractivity contribution in [1.82, 2.24) is 14.5 Å². The minimum Gasteiger partial charge on any atom is -0.462 e. The number of carbonyl (C=O) groups excluding carboxylic acids is 1. The van der Waals surface area contributed by atoms with Crippen LogP contribution >= 0.6 is 0 Å². The fraction of sp³-hybridized carbons (Fsp3) is 0.568. The molecular weight excluding hydrogens is 551 g/mol. The maximum absolute atomic E-state index is 15.0. The van der Waals surface area contributed by atoms with Crippen molar-refractivity contribution in [3.05, 3.63) is 83.2 Å². The van der Waals surface area contributed by atoms with E-state index in [1.807, 2.05) is 19.9 Å². The van der Waals surface area contributed by atoms with Gasteiger partial charge < -0.3 is 19.1 Å². The van der Waals surface area contributed by atoms with Crippen LogP contribution in [0.3, 0.4) is 0 Å². The van der Waals surface area contributed by atoms with Crippen LogP contribution in [0.5, 0.6) is 0 Å². The number of halogens is 1. The number of benzene rings is 2. The molecule has 2 aromatic carbocycles. The standard InChI is InChI=1S/C37H49FN4O2/c1-5-36(43)44-35-11-7-10-34(35)37(31-8-6-9-32(38)20-31,25-42-21-27(3)39-28(42)4)30-16-18-40(19-17-30)22-29-23-41(24-29)33-14-12-26(2)13-15-33/h6,8-9,12-15,20-21,29-30,34-35H,5,7,10-11,16-19,22-25H2,1-4H3/t34-,35-,37-/m0/s1. The highest BCUT2D eigenvalue weighted by Gasteiger charge is 2.53. The second kappa shape index (κ2) is 13.0. The first kappa shape index (κ1) is 30.8. The smallest absolute Gasteiger partial charge is 0.305 e. The zero-order chi connectivity index (χ0) is 30.8. The van der Waals surface area contributed by atoms with Crippen molar-refractivity contribution in [2.24, 2.45) is 17.8 Å². The number of piperidine rings is 1. The van der Waals surface area contributed by atoms with Crippen LogP contribution in [-0.2, 0) is 21.5 Å². The van der Waals surface area contributed by atoms with Crippen LogP contribution in [0.15, 0.2) is 54.7 Å². The molecule has 3 aliphatic rings. The number of hydrogen-bond donors (Lipinski definition) is 0. The third-order valence-electron chi connectivity index (χ3n) is 10.8. The fourth-order valence-electron chi connectivity index (χ4n) is 8.53. The second-order valence-electron chi connectivity index (χ2n) is 13.7. The van der Waals surface area contributed by atoms with E-state index in [1.54, 1.807) is 12.1 Å². The number of hydrogen-bond acceptors (Lipinski definition) is 5. The van der Waals surface area contributed by atoms with E-state index >= 15 is 4.39 Å². The summed E-state index contributed by atoms with van der Waals surface area (Å²) in [7, 11) is 0.